The topological polar surface area (TPSA) is 28.1 Å². The van der Waals surface area contributed by atoms with Crippen LogP contribution in [0.3, 0.4) is 0 Å². The molecule has 0 fully saturated rings. The molecule has 1 aromatic carbocycles. The highest BCUT2D eigenvalue weighted by Crippen LogP contribution is 2.04. The van der Waals surface area contributed by atoms with E-state index < -0.39 is 0 Å². The summed E-state index contributed by atoms with van der Waals surface area (Å²) in [6, 6.07) is 12.2. The predicted octanol–water partition coefficient (Wildman–Crippen LogP) is 2.41. The minimum atomic E-state index is 0.641. The van der Waals surface area contributed by atoms with Gasteiger partial charge in [-0.2, -0.15) is 5.26 Å². The molecule has 0 saturated carbocycles. The second-order valence-corrected chi connectivity index (χ2v) is 2.35. The van der Waals surface area contributed by atoms with E-state index in [1.165, 1.54) is 0 Å². The molecule has 58 valence electrons. The molecule has 1 aromatic rings. The fourth-order valence-corrected chi connectivity index (χ4v) is 0.855. The zero-order chi connectivity index (χ0) is 8.81. The van der Waals surface area contributed by atoms with E-state index >= 15 is 0 Å². The highest BCUT2D eigenvalue weighted by Gasteiger charge is 1.96. The van der Waals surface area contributed by atoms with Crippen molar-refractivity contribution in [3.63, 3.8) is 0 Å². The molecule has 0 unspecified atom stereocenters. The summed E-state index contributed by atoms with van der Waals surface area (Å²) in [7, 11) is 0. The summed E-state index contributed by atoms with van der Waals surface area (Å²) in [5, 5.41) is 8.52. The van der Waals surface area contributed by atoms with Gasteiger partial charge in [0, 0.05) is 5.56 Å². The zero-order valence-electron chi connectivity index (χ0n) is 6.91. The summed E-state index contributed by atoms with van der Waals surface area (Å²) in [4.78, 5) is 3.96. The van der Waals surface area contributed by atoms with Crippen molar-refractivity contribution in [1.82, 2.24) is 0 Å². The first kappa shape index (κ1) is 8.30. The van der Waals surface area contributed by atoms with E-state index in [0.29, 0.717) is 12.1 Å². The Morgan fingerprint density at radius 3 is 2.50 bits per heavy atom. The summed E-state index contributed by atoms with van der Waals surface area (Å²) < 4.78 is 0. The molecule has 12 heavy (non-hydrogen) atoms. The maximum Gasteiger partial charge on any atom is 0.288 e. The van der Waals surface area contributed by atoms with E-state index in [1.807, 2.05) is 12.1 Å². The molecular weight excluding hydrogens is 148 g/mol. The van der Waals surface area contributed by atoms with E-state index in [9.17, 15) is 0 Å². The Morgan fingerprint density at radius 2 is 2.00 bits per heavy atom. The van der Waals surface area contributed by atoms with Gasteiger partial charge in [0.15, 0.2) is 0 Å². The summed E-state index contributed by atoms with van der Waals surface area (Å²) in [6.07, 6.45) is 0. The lowest BCUT2D eigenvalue weighted by molar-refractivity contribution is 1.26. The summed E-state index contributed by atoms with van der Waals surface area (Å²) in [5.74, 6) is 0. The van der Waals surface area contributed by atoms with E-state index in [1.54, 1.807) is 19.1 Å². The van der Waals surface area contributed by atoms with Crippen LogP contribution in [-0.2, 0) is 6.54 Å². The standard InChI is InChI=1S/C10H9N2/c1-2-12-8-10-5-3-9(7-11)4-6-10/h3-6H,8H2,1H3/q+1. The molecular formula is C10H9N2+. The predicted molar refractivity (Wildman–Crippen MR) is 47.8 cm³/mol. The molecule has 0 aliphatic carbocycles. The third-order valence-electron chi connectivity index (χ3n) is 1.50. The fourth-order valence-electron chi connectivity index (χ4n) is 0.855. The smallest absolute Gasteiger partial charge is 0.192 e. The van der Waals surface area contributed by atoms with Crippen molar-refractivity contribution in [1.29, 1.82) is 5.26 Å². The molecule has 0 saturated heterocycles. The Kier molecular flexibility index (Phi) is 2.87. The van der Waals surface area contributed by atoms with E-state index in [2.05, 4.69) is 17.0 Å². The van der Waals surface area contributed by atoms with Gasteiger partial charge in [-0.3, -0.25) is 0 Å². The third-order valence-corrected chi connectivity index (χ3v) is 1.50. The lowest BCUT2D eigenvalue weighted by atomic mass is 10.1. The quantitative estimate of drug-likeness (QED) is 0.615. The van der Waals surface area contributed by atoms with Gasteiger partial charge in [0.2, 0.25) is 0 Å². The van der Waals surface area contributed by atoms with E-state index in [0.717, 1.165) is 5.56 Å². The highest BCUT2D eigenvalue weighted by molar-refractivity contribution is 5.31. The van der Waals surface area contributed by atoms with Crippen LogP contribution in [0.4, 0.5) is 0 Å². The Labute approximate surface area is 71.9 Å². The maximum atomic E-state index is 8.52. The summed E-state index contributed by atoms with van der Waals surface area (Å²) >= 11 is 0. The number of nitriles is 1. The first-order valence-electron chi connectivity index (χ1n) is 3.69. The van der Waals surface area contributed by atoms with Gasteiger partial charge in [-0.25, -0.2) is 0 Å². The molecule has 0 aliphatic heterocycles. The highest BCUT2D eigenvalue weighted by atomic mass is 14.6. The van der Waals surface area contributed by atoms with Gasteiger partial charge in [-0.1, -0.05) is 17.0 Å². The number of nitrogens with zero attached hydrogens (tertiary/aromatic N) is 2. The van der Waals surface area contributed by atoms with Gasteiger partial charge in [0.25, 0.3) is 12.6 Å². The molecule has 0 bridgehead atoms. The maximum absolute atomic E-state index is 8.52. The molecule has 0 N–H and O–H groups in total. The van der Waals surface area contributed by atoms with Gasteiger partial charge in [-0.15, -0.1) is 0 Å². The monoisotopic (exact) mass is 157 g/mol. The second-order valence-electron chi connectivity index (χ2n) is 2.35. The lowest BCUT2D eigenvalue weighted by Gasteiger charge is -1.88. The average Bonchev–Trinajstić information content (AvgIpc) is 2.15. The largest absolute Gasteiger partial charge is 0.288 e. The van der Waals surface area contributed by atoms with Crippen molar-refractivity contribution in [3.8, 4) is 12.1 Å². The van der Waals surface area contributed by atoms with Crippen LogP contribution in [0.1, 0.15) is 18.1 Å². The first-order chi connectivity index (χ1) is 5.86. The van der Waals surface area contributed by atoms with Crippen LogP contribution < -0.4 is 0 Å². The SMILES string of the molecule is CC#[N+]Cc1ccc(C#N)cc1. The van der Waals surface area contributed by atoms with Crippen molar-refractivity contribution < 1.29 is 0 Å². The molecule has 0 heterocycles. The van der Waals surface area contributed by atoms with Crippen LogP contribution in [0.5, 0.6) is 0 Å². The second kappa shape index (κ2) is 4.16. The number of hydrogen-bond acceptors (Lipinski definition) is 1. The average molecular weight is 157 g/mol. The lowest BCUT2D eigenvalue weighted by Crippen LogP contribution is -1.79. The third kappa shape index (κ3) is 2.11. The van der Waals surface area contributed by atoms with Crippen molar-refractivity contribution in [2.75, 3.05) is 0 Å². The molecule has 2 heteroatoms. The number of benzene rings is 1. The first-order valence-corrected chi connectivity index (χ1v) is 3.69. The van der Waals surface area contributed by atoms with Crippen molar-refractivity contribution in [2.45, 2.75) is 13.5 Å². The van der Waals surface area contributed by atoms with Crippen LogP contribution in [0.25, 0.3) is 4.85 Å². The number of hydrogen-bond donors (Lipinski definition) is 0. The van der Waals surface area contributed by atoms with Gasteiger partial charge in [0.1, 0.15) is 0 Å². The Balaban J connectivity index is 2.77. The fraction of sp³-hybridized carbons (Fsp3) is 0.200. The molecule has 2 nitrogen and oxygen atoms in total. The van der Waals surface area contributed by atoms with Crippen LogP contribution in [0.15, 0.2) is 24.3 Å². The molecule has 0 atom stereocenters. The van der Waals surface area contributed by atoms with Gasteiger partial charge in [0.05, 0.1) is 18.6 Å². The molecule has 0 aliphatic rings. The van der Waals surface area contributed by atoms with Crippen molar-refractivity contribution >= 4 is 0 Å². The van der Waals surface area contributed by atoms with Crippen LogP contribution in [-0.4, -0.2) is 0 Å². The van der Waals surface area contributed by atoms with Crippen molar-refractivity contribution in [2.24, 2.45) is 0 Å². The molecule has 0 amide bonds. The van der Waals surface area contributed by atoms with Crippen molar-refractivity contribution in [3.05, 3.63) is 40.2 Å². The van der Waals surface area contributed by atoms with E-state index in [4.69, 9.17) is 5.26 Å². The Morgan fingerprint density at radius 1 is 1.33 bits per heavy atom. The Bertz CT molecular complexity index is 346. The summed E-state index contributed by atoms with van der Waals surface area (Å²) in [6.45, 7) is 2.41. The summed E-state index contributed by atoms with van der Waals surface area (Å²) in [5.41, 5.74) is 1.78. The van der Waals surface area contributed by atoms with E-state index in [-0.39, 0.29) is 0 Å². The zero-order valence-corrected chi connectivity index (χ0v) is 6.91. The number of rotatable bonds is 1. The van der Waals surface area contributed by atoms with Gasteiger partial charge in [-0.05, 0) is 12.1 Å². The molecule has 0 radical (unpaired) electrons. The van der Waals surface area contributed by atoms with Gasteiger partial charge < -0.3 is 0 Å². The minimum absolute atomic E-state index is 0.641. The molecule has 0 aromatic heterocycles. The normalized spacial score (nSPS) is 8.00. The minimum Gasteiger partial charge on any atom is -0.192 e. The van der Waals surface area contributed by atoms with Crippen LogP contribution in [0.2, 0.25) is 0 Å². The Hall–Kier alpha value is -1.80. The molecule has 0 spiro atoms. The van der Waals surface area contributed by atoms with Crippen LogP contribution >= 0.6 is 0 Å². The molecule has 1 rings (SSSR count). The van der Waals surface area contributed by atoms with Crippen LogP contribution in [0, 0.1) is 17.4 Å². The van der Waals surface area contributed by atoms with Gasteiger partial charge >= 0.3 is 0 Å².